The minimum atomic E-state index is -4.44. The van der Waals surface area contributed by atoms with Gasteiger partial charge in [-0.1, -0.05) is 24.3 Å². The molecular weight excluding hydrogens is 341 g/mol. The fourth-order valence-electron chi connectivity index (χ4n) is 3.63. The third kappa shape index (κ3) is 2.66. The Kier molecular flexibility index (Phi) is 3.61. The lowest BCUT2D eigenvalue weighted by Crippen LogP contribution is -2.28. The van der Waals surface area contributed by atoms with Crippen LogP contribution in [0.15, 0.2) is 48.5 Å². The molecule has 134 valence electrons. The van der Waals surface area contributed by atoms with Crippen LogP contribution in [0, 0.1) is 6.92 Å². The zero-order valence-electron chi connectivity index (χ0n) is 14.1. The van der Waals surface area contributed by atoms with E-state index in [4.69, 9.17) is 0 Å². The number of anilines is 1. The van der Waals surface area contributed by atoms with Crippen LogP contribution in [-0.2, 0) is 16.4 Å². The summed E-state index contributed by atoms with van der Waals surface area (Å²) in [6.07, 6.45) is -3.08. The molecule has 2 N–H and O–H groups in total. The van der Waals surface area contributed by atoms with Crippen LogP contribution in [0.4, 0.5) is 18.9 Å². The van der Waals surface area contributed by atoms with E-state index in [0.29, 0.717) is 12.8 Å². The summed E-state index contributed by atoms with van der Waals surface area (Å²) in [5.41, 5.74) is 1.52. The Hall–Kier alpha value is -2.76. The summed E-state index contributed by atoms with van der Waals surface area (Å²) < 4.78 is 38.7. The Morgan fingerprint density at radius 1 is 1.12 bits per heavy atom. The third-order valence-corrected chi connectivity index (χ3v) is 5.00. The molecule has 1 heterocycles. The lowest BCUT2D eigenvalue weighted by molar-refractivity contribution is -0.137. The van der Waals surface area contributed by atoms with Crippen LogP contribution in [0.2, 0.25) is 0 Å². The van der Waals surface area contributed by atoms with Crippen molar-refractivity contribution in [2.75, 3.05) is 5.32 Å². The second kappa shape index (κ2) is 5.62. The number of aromatic amines is 1. The van der Waals surface area contributed by atoms with Gasteiger partial charge in [0.05, 0.1) is 11.0 Å². The molecule has 0 radical (unpaired) electrons. The molecule has 26 heavy (non-hydrogen) atoms. The summed E-state index contributed by atoms with van der Waals surface area (Å²) in [5.74, 6) is -0.260. The molecule has 2 aromatic carbocycles. The number of fused-ring (bicyclic) bond motifs is 1. The molecule has 1 fully saturated rings. The Bertz CT molecular complexity index is 1000. The number of benzene rings is 2. The van der Waals surface area contributed by atoms with Crippen LogP contribution in [0.5, 0.6) is 0 Å². The van der Waals surface area contributed by atoms with Gasteiger partial charge in [0, 0.05) is 22.3 Å². The highest BCUT2D eigenvalue weighted by Gasteiger charge is 2.53. The first-order valence-electron chi connectivity index (χ1n) is 8.38. The predicted octanol–water partition coefficient (Wildman–Crippen LogP) is 5.17. The van der Waals surface area contributed by atoms with Crippen LogP contribution < -0.4 is 5.32 Å². The van der Waals surface area contributed by atoms with Gasteiger partial charge in [-0.25, -0.2) is 0 Å². The molecule has 3 aromatic rings. The second-order valence-corrected chi connectivity index (χ2v) is 6.79. The first-order valence-corrected chi connectivity index (χ1v) is 8.38. The number of para-hydroxylation sites is 1. The number of hydrogen-bond donors (Lipinski definition) is 2. The number of rotatable bonds is 3. The minimum Gasteiger partial charge on any atom is -0.358 e. The number of aryl methyl sites for hydroxylation is 1. The number of hydrogen-bond acceptors (Lipinski definition) is 1. The van der Waals surface area contributed by atoms with E-state index in [2.05, 4.69) is 10.3 Å². The highest BCUT2D eigenvalue weighted by atomic mass is 19.4. The van der Waals surface area contributed by atoms with Crippen molar-refractivity contribution in [3.63, 3.8) is 0 Å². The van der Waals surface area contributed by atoms with Gasteiger partial charge < -0.3 is 10.3 Å². The van der Waals surface area contributed by atoms with Crippen molar-refractivity contribution in [2.24, 2.45) is 0 Å². The van der Waals surface area contributed by atoms with Gasteiger partial charge in [0.15, 0.2) is 0 Å². The van der Waals surface area contributed by atoms with E-state index in [1.807, 2.05) is 31.2 Å². The molecule has 1 amide bonds. The number of alkyl halides is 3. The molecule has 3 nitrogen and oxygen atoms in total. The smallest absolute Gasteiger partial charge is 0.358 e. The summed E-state index contributed by atoms with van der Waals surface area (Å²) in [5, 5.41) is 3.67. The van der Waals surface area contributed by atoms with E-state index in [-0.39, 0.29) is 11.6 Å². The first-order chi connectivity index (χ1) is 12.3. The molecule has 0 atom stereocenters. The number of nitrogens with one attached hydrogen (secondary N) is 2. The van der Waals surface area contributed by atoms with Crippen molar-refractivity contribution in [1.29, 1.82) is 0 Å². The molecule has 1 aliphatic rings. The lowest BCUT2D eigenvalue weighted by Gasteiger charge is -2.17. The average molecular weight is 358 g/mol. The number of aromatic nitrogens is 1. The summed E-state index contributed by atoms with van der Waals surface area (Å²) in [6.45, 7) is 1.92. The summed E-state index contributed by atoms with van der Waals surface area (Å²) in [4.78, 5) is 16.2. The highest BCUT2D eigenvalue weighted by molar-refractivity contribution is 6.05. The van der Waals surface area contributed by atoms with E-state index in [1.54, 1.807) is 0 Å². The summed E-state index contributed by atoms with van der Waals surface area (Å²) >= 11 is 0. The monoisotopic (exact) mass is 358 g/mol. The van der Waals surface area contributed by atoms with Crippen molar-refractivity contribution < 1.29 is 18.0 Å². The summed E-state index contributed by atoms with van der Waals surface area (Å²) in [7, 11) is 0. The van der Waals surface area contributed by atoms with Crippen LogP contribution >= 0.6 is 0 Å². The van der Waals surface area contributed by atoms with Crippen LogP contribution in [0.1, 0.15) is 29.7 Å². The Balaban J connectivity index is 1.67. The van der Waals surface area contributed by atoms with Gasteiger partial charge in [-0.2, -0.15) is 13.2 Å². The maximum Gasteiger partial charge on any atom is 0.416 e. The molecule has 1 aromatic heterocycles. The van der Waals surface area contributed by atoms with E-state index >= 15 is 0 Å². The Labute approximate surface area is 148 Å². The average Bonchev–Trinajstić information content (AvgIpc) is 3.31. The quantitative estimate of drug-likeness (QED) is 0.667. The standard InChI is InChI=1S/C20H17F3N2O/c1-12-17(15-7-2-3-8-16(15)24-12)19(9-10-19)18(26)25-14-6-4-5-13(11-14)20(21,22)23/h2-8,11,24H,9-10H2,1H3,(H,25,26). The molecule has 0 aliphatic heterocycles. The minimum absolute atomic E-state index is 0.161. The van der Waals surface area contributed by atoms with Crippen molar-refractivity contribution in [3.8, 4) is 0 Å². The third-order valence-electron chi connectivity index (χ3n) is 5.00. The number of carbonyl (C=O) groups is 1. The lowest BCUT2D eigenvalue weighted by atomic mass is 9.92. The Morgan fingerprint density at radius 2 is 1.85 bits per heavy atom. The number of amides is 1. The first kappa shape index (κ1) is 16.7. The SMILES string of the molecule is Cc1[nH]c2ccccc2c1C1(C(=O)Nc2cccc(C(F)(F)F)c2)CC1. The van der Waals surface area contributed by atoms with Gasteiger partial charge in [0.1, 0.15) is 0 Å². The van der Waals surface area contributed by atoms with Crippen LogP contribution in [0.25, 0.3) is 10.9 Å². The molecule has 1 saturated carbocycles. The van der Waals surface area contributed by atoms with Gasteiger partial charge in [-0.05, 0) is 49.6 Å². The van der Waals surface area contributed by atoms with Gasteiger partial charge >= 0.3 is 6.18 Å². The van der Waals surface area contributed by atoms with Gasteiger partial charge in [-0.15, -0.1) is 0 Å². The molecule has 0 spiro atoms. The summed E-state index contributed by atoms with van der Waals surface area (Å²) in [6, 6.07) is 12.5. The number of carbonyl (C=O) groups excluding carboxylic acids is 1. The van der Waals surface area contributed by atoms with Gasteiger partial charge in [-0.3, -0.25) is 4.79 Å². The fraction of sp³-hybridized carbons (Fsp3) is 0.250. The van der Waals surface area contributed by atoms with Crippen LogP contribution in [-0.4, -0.2) is 10.9 Å². The van der Waals surface area contributed by atoms with Crippen LogP contribution in [0.3, 0.4) is 0 Å². The predicted molar refractivity (Wildman–Crippen MR) is 94.0 cm³/mol. The molecule has 0 saturated heterocycles. The largest absolute Gasteiger partial charge is 0.416 e. The van der Waals surface area contributed by atoms with Gasteiger partial charge in [0.25, 0.3) is 0 Å². The van der Waals surface area contributed by atoms with Crippen molar-refractivity contribution in [3.05, 3.63) is 65.4 Å². The molecule has 0 unspecified atom stereocenters. The van der Waals surface area contributed by atoms with E-state index in [9.17, 15) is 18.0 Å². The van der Waals surface area contributed by atoms with Crippen molar-refractivity contribution >= 4 is 22.5 Å². The molecule has 0 bridgehead atoms. The van der Waals surface area contributed by atoms with Crippen molar-refractivity contribution in [1.82, 2.24) is 4.98 Å². The molecule has 1 aliphatic carbocycles. The van der Waals surface area contributed by atoms with Gasteiger partial charge in [0.2, 0.25) is 5.91 Å². The molecular formula is C20H17F3N2O. The van der Waals surface area contributed by atoms with E-state index < -0.39 is 17.2 Å². The highest BCUT2D eigenvalue weighted by Crippen LogP contribution is 2.52. The number of H-pyrrole nitrogens is 1. The van der Waals surface area contributed by atoms with E-state index in [1.165, 1.54) is 12.1 Å². The Morgan fingerprint density at radius 3 is 2.54 bits per heavy atom. The second-order valence-electron chi connectivity index (χ2n) is 6.79. The van der Waals surface area contributed by atoms with Crippen molar-refractivity contribution in [2.45, 2.75) is 31.4 Å². The maximum atomic E-state index is 12.9. The number of halogens is 3. The maximum absolute atomic E-state index is 12.9. The zero-order chi connectivity index (χ0) is 18.5. The molecule has 4 rings (SSSR count). The molecule has 6 heteroatoms. The fourth-order valence-corrected chi connectivity index (χ4v) is 3.63. The van der Waals surface area contributed by atoms with E-state index in [0.717, 1.165) is 34.3 Å². The normalized spacial score (nSPS) is 15.8. The zero-order valence-corrected chi connectivity index (χ0v) is 14.1. The topological polar surface area (TPSA) is 44.9 Å².